The van der Waals surface area contributed by atoms with Crippen LogP contribution >= 0.6 is 33.9 Å². The van der Waals surface area contributed by atoms with Gasteiger partial charge in [-0.15, -0.1) is 11.3 Å². The van der Waals surface area contributed by atoms with Crippen LogP contribution < -0.4 is 4.72 Å². The van der Waals surface area contributed by atoms with Gasteiger partial charge in [-0.05, 0) is 36.3 Å². The summed E-state index contributed by atoms with van der Waals surface area (Å²) in [6.45, 7) is 2.44. The van der Waals surface area contributed by atoms with Crippen molar-refractivity contribution in [2.45, 2.75) is 30.4 Å². The number of thiophene rings is 1. The predicted octanol–water partition coefficient (Wildman–Crippen LogP) is 2.94. The monoisotopic (exact) mass is 373 g/mol. The molecule has 0 saturated heterocycles. The van der Waals surface area contributed by atoms with E-state index in [9.17, 15) is 8.42 Å². The van der Waals surface area contributed by atoms with Gasteiger partial charge in [0.2, 0.25) is 10.0 Å². The Balaban J connectivity index is 2.41. The van der Waals surface area contributed by atoms with E-state index in [1.54, 1.807) is 6.07 Å². The average Bonchev–Trinajstić information content (AvgIpc) is 2.65. The highest BCUT2D eigenvalue weighted by Gasteiger charge is 2.14. The topological polar surface area (TPSA) is 46.2 Å². The Morgan fingerprint density at radius 3 is 2.62 bits per heavy atom. The Labute approximate surface area is 115 Å². The lowest BCUT2D eigenvalue weighted by Gasteiger charge is -2.03. The SMILES string of the molecule is Cc1ccc(S(=O)(=O)NCCCCCI)s1. The molecule has 92 valence electrons. The molecule has 6 heteroatoms. The lowest BCUT2D eigenvalue weighted by atomic mass is 10.3. The number of rotatable bonds is 7. The van der Waals surface area contributed by atoms with Crippen LogP contribution in [0, 0.1) is 6.92 Å². The van der Waals surface area contributed by atoms with Gasteiger partial charge >= 0.3 is 0 Å². The first-order valence-electron chi connectivity index (χ1n) is 5.18. The molecule has 0 aliphatic carbocycles. The Bertz CT molecular complexity index is 414. The van der Waals surface area contributed by atoms with E-state index < -0.39 is 10.0 Å². The van der Waals surface area contributed by atoms with Crippen LogP contribution in [0.15, 0.2) is 16.3 Å². The summed E-state index contributed by atoms with van der Waals surface area (Å²) in [6.07, 6.45) is 3.14. The minimum Gasteiger partial charge on any atom is -0.210 e. The molecule has 1 aromatic heterocycles. The number of hydrogen-bond acceptors (Lipinski definition) is 3. The first-order valence-corrected chi connectivity index (χ1v) is 9.01. The molecule has 0 radical (unpaired) electrons. The van der Waals surface area contributed by atoms with Crippen molar-refractivity contribution < 1.29 is 8.42 Å². The highest BCUT2D eigenvalue weighted by atomic mass is 127. The summed E-state index contributed by atoms with van der Waals surface area (Å²) >= 11 is 3.64. The summed E-state index contributed by atoms with van der Waals surface area (Å²) in [6, 6.07) is 3.49. The van der Waals surface area contributed by atoms with Gasteiger partial charge in [0.15, 0.2) is 0 Å². The van der Waals surface area contributed by atoms with Crippen molar-refractivity contribution in [3.63, 3.8) is 0 Å². The van der Waals surface area contributed by atoms with Crippen molar-refractivity contribution in [2.24, 2.45) is 0 Å². The molecule has 0 bridgehead atoms. The highest BCUT2D eigenvalue weighted by molar-refractivity contribution is 14.1. The molecule has 0 atom stereocenters. The summed E-state index contributed by atoms with van der Waals surface area (Å²) in [7, 11) is -3.26. The fourth-order valence-electron chi connectivity index (χ4n) is 1.23. The van der Waals surface area contributed by atoms with Crippen LogP contribution in [-0.2, 0) is 10.0 Å². The van der Waals surface area contributed by atoms with E-state index in [-0.39, 0.29) is 0 Å². The first kappa shape index (κ1) is 14.4. The maximum absolute atomic E-state index is 11.8. The van der Waals surface area contributed by atoms with Crippen LogP contribution in [0.5, 0.6) is 0 Å². The van der Waals surface area contributed by atoms with E-state index in [4.69, 9.17) is 0 Å². The Morgan fingerprint density at radius 1 is 1.31 bits per heavy atom. The summed E-state index contributed by atoms with van der Waals surface area (Å²) in [5.74, 6) is 0. The van der Waals surface area contributed by atoms with E-state index >= 15 is 0 Å². The number of halogens is 1. The smallest absolute Gasteiger partial charge is 0.210 e. The van der Waals surface area contributed by atoms with Gasteiger partial charge in [-0.1, -0.05) is 29.0 Å². The van der Waals surface area contributed by atoms with Gasteiger partial charge in [-0.2, -0.15) is 0 Å². The van der Waals surface area contributed by atoms with Gasteiger partial charge in [0.25, 0.3) is 0 Å². The predicted molar refractivity (Wildman–Crippen MR) is 77.0 cm³/mol. The van der Waals surface area contributed by atoms with Crippen molar-refractivity contribution in [1.29, 1.82) is 0 Å². The van der Waals surface area contributed by atoms with E-state index in [1.165, 1.54) is 11.3 Å². The average molecular weight is 373 g/mol. The molecule has 1 N–H and O–H groups in total. The second-order valence-electron chi connectivity index (χ2n) is 3.51. The molecule has 1 aromatic rings. The fraction of sp³-hybridized carbons (Fsp3) is 0.600. The van der Waals surface area contributed by atoms with Gasteiger partial charge < -0.3 is 0 Å². The highest BCUT2D eigenvalue weighted by Crippen LogP contribution is 2.20. The Kier molecular flexibility index (Phi) is 6.23. The molecule has 0 aliphatic rings. The van der Waals surface area contributed by atoms with Crippen LogP contribution in [-0.4, -0.2) is 19.4 Å². The van der Waals surface area contributed by atoms with Crippen LogP contribution in [0.2, 0.25) is 0 Å². The first-order chi connectivity index (χ1) is 7.56. The van der Waals surface area contributed by atoms with Crippen molar-refractivity contribution in [1.82, 2.24) is 4.72 Å². The molecular formula is C10H16INO2S2. The minimum absolute atomic E-state index is 0.416. The summed E-state index contributed by atoms with van der Waals surface area (Å²) < 4.78 is 27.7. The molecule has 0 aromatic carbocycles. The second kappa shape index (κ2) is 6.93. The molecule has 0 spiro atoms. The molecule has 3 nitrogen and oxygen atoms in total. The van der Waals surface area contributed by atoms with Gasteiger partial charge in [-0.25, -0.2) is 13.1 Å². The molecule has 0 fully saturated rings. The molecular weight excluding hydrogens is 357 g/mol. The van der Waals surface area contributed by atoms with Gasteiger partial charge in [0.1, 0.15) is 4.21 Å². The zero-order valence-electron chi connectivity index (χ0n) is 9.20. The van der Waals surface area contributed by atoms with Gasteiger partial charge in [0, 0.05) is 11.4 Å². The third-order valence-electron chi connectivity index (χ3n) is 2.08. The molecule has 0 aliphatic heterocycles. The quantitative estimate of drug-likeness (QED) is 0.454. The molecule has 16 heavy (non-hydrogen) atoms. The Morgan fingerprint density at radius 2 is 2.06 bits per heavy atom. The zero-order valence-corrected chi connectivity index (χ0v) is 13.0. The number of sulfonamides is 1. The van der Waals surface area contributed by atoms with Crippen LogP contribution in [0.4, 0.5) is 0 Å². The maximum atomic E-state index is 11.8. The standard InChI is InChI=1S/C10H16INO2S2/c1-9-5-6-10(15-9)16(13,14)12-8-4-2-3-7-11/h5-6,12H,2-4,7-8H2,1H3. The minimum atomic E-state index is -3.26. The molecule has 1 rings (SSSR count). The number of alkyl halides is 1. The zero-order chi connectivity index (χ0) is 12.0. The second-order valence-corrected chi connectivity index (χ2v) is 7.87. The largest absolute Gasteiger partial charge is 0.250 e. The molecule has 0 amide bonds. The van der Waals surface area contributed by atoms with Crippen molar-refractivity contribution >= 4 is 44.0 Å². The third-order valence-corrected chi connectivity index (χ3v) is 5.80. The van der Waals surface area contributed by atoms with E-state index in [1.807, 2.05) is 13.0 Å². The van der Waals surface area contributed by atoms with E-state index in [2.05, 4.69) is 27.3 Å². The van der Waals surface area contributed by atoms with Gasteiger partial charge in [0.05, 0.1) is 0 Å². The number of aryl methyl sites for hydroxylation is 1. The normalized spacial score (nSPS) is 11.9. The summed E-state index contributed by atoms with van der Waals surface area (Å²) in [5.41, 5.74) is 0. The fourth-order valence-corrected chi connectivity index (χ4v) is 4.17. The maximum Gasteiger partial charge on any atom is 0.250 e. The summed E-state index contributed by atoms with van der Waals surface area (Å²) in [4.78, 5) is 1.02. The Hall–Kier alpha value is 0.340. The van der Waals surface area contributed by atoms with E-state index in [0.29, 0.717) is 10.8 Å². The molecule has 0 saturated carbocycles. The lowest BCUT2D eigenvalue weighted by molar-refractivity contribution is 0.578. The number of hydrogen-bond donors (Lipinski definition) is 1. The molecule has 1 heterocycles. The van der Waals surface area contributed by atoms with Crippen LogP contribution in [0.3, 0.4) is 0 Å². The van der Waals surface area contributed by atoms with Gasteiger partial charge in [-0.3, -0.25) is 0 Å². The molecule has 0 unspecified atom stereocenters. The van der Waals surface area contributed by atoms with Crippen molar-refractivity contribution in [3.8, 4) is 0 Å². The number of unbranched alkanes of at least 4 members (excludes halogenated alkanes) is 2. The van der Waals surface area contributed by atoms with Crippen molar-refractivity contribution in [2.75, 3.05) is 11.0 Å². The number of nitrogens with one attached hydrogen (secondary N) is 1. The third kappa shape index (κ3) is 4.68. The van der Waals surface area contributed by atoms with Crippen molar-refractivity contribution in [3.05, 3.63) is 17.0 Å². The lowest BCUT2D eigenvalue weighted by Crippen LogP contribution is -2.23. The summed E-state index contributed by atoms with van der Waals surface area (Å²) in [5, 5.41) is 0. The van der Waals surface area contributed by atoms with Crippen LogP contribution in [0.25, 0.3) is 0 Å². The van der Waals surface area contributed by atoms with E-state index in [0.717, 1.165) is 28.6 Å². The van der Waals surface area contributed by atoms with Crippen LogP contribution in [0.1, 0.15) is 24.1 Å².